The van der Waals surface area contributed by atoms with E-state index in [0.29, 0.717) is 5.56 Å². The highest BCUT2D eigenvalue weighted by molar-refractivity contribution is 5.94. The first kappa shape index (κ1) is 16.5. The topological polar surface area (TPSA) is 43.8 Å². The van der Waals surface area contributed by atoms with Crippen molar-refractivity contribution in [1.82, 2.24) is 4.90 Å². The predicted molar refractivity (Wildman–Crippen MR) is 83.7 cm³/mol. The minimum atomic E-state index is -0.859. The van der Waals surface area contributed by atoms with Gasteiger partial charge in [-0.15, -0.1) is 0 Å². The molecule has 0 spiro atoms. The van der Waals surface area contributed by atoms with E-state index in [-0.39, 0.29) is 0 Å². The molecule has 1 rings (SSSR count). The standard InChI is InChI=1S/C16H26N2O2/c1-4-17(5-2)12-9-13-18(6-3)15-11-8-7-10-14(15)16(19)20/h7-8,10-11H,4-6,9,12-13H2,1-3H3,(H,19,20). The third-order valence-electron chi connectivity index (χ3n) is 3.65. The van der Waals surface area contributed by atoms with E-state index in [0.717, 1.165) is 44.8 Å². The third-order valence-corrected chi connectivity index (χ3v) is 3.65. The van der Waals surface area contributed by atoms with Gasteiger partial charge < -0.3 is 14.9 Å². The molecule has 0 fully saturated rings. The van der Waals surface area contributed by atoms with Crippen LogP contribution in [0.15, 0.2) is 24.3 Å². The Balaban J connectivity index is 2.69. The Hall–Kier alpha value is -1.55. The van der Waals surface area contributed by atoms with E-state index < -0.39 is 5.97 Å². The number of nitrogens with zero attached hydrogens (tertiary/aromatic N) is 2. The van der Waals surface area contributed by atoms with Crippen molar-refractivity contribution in [3.63, 3.8) is 0 Å². The molecule has 0 radical (unpaired) electrons. The van der Waals surface area contributed by atoms with Gasteiger partial charge in [0, 0.05) is 13.1 Å². The molecule has 0 atom stereocenters. The lowest BCUT2D eigenvalue weighted by molar-refractivity contribution is 0.0697. The average molecular weight is 278 g/mol. The molecule has 0 aliphatic carbocycles. The van der Waals surface area contributed by atoms with E-state index in [1.165, 1.54) is 0 Å². The number of anilines is 1. The lowest BCUT2D eigenvalue weighted by Crippen LogP contribution is -2.30. The lowest BCUT2D eigenvalue weighted by Gasteiger charge is -2.26. The highest BCUT2D eigenvalue weighted by atomic mass is 16.4. The summed E-state index contributed by atoms with van der Waals surface area (Å²) in [4.78, 5) is 15.8. The molecule has 4 heteroatoms. The van der Waals surface area contributed by atoms with E-state index in [9.17, 15) is 9.90 Å². The van der Waals surface area contributed by atoms with Gasteiger partial charge in [-0.3, -0.25) is 0 Å². The Morgan fingerprint density at radius 2 is 1.70 bits per heavy atom. The maximum atomic E-state index is 11.3. The normalized spacial score (nSPS) is 10.8. The van der Waals surface area contributed by atoms with E-state index >= 15 is 0 Å². The molecule has 0 aliphatic heterocycles. The zero-order chi connectivity index (χ0) is 15.0. The zero-order valence-electron chi connectivity index (χ0n) is 12.8. The van der Waals surface area contributed by atoms with Crippen LogP contribution in [0, 0.1) is 0 Å². The summed E-state index contributed by atoms with van der Waals surface area (Å²) in [5, 5.41) is 9.26. The van der Waals surface area contributed by atoms with Crippen LogP contribution < -0.4 is 4.90 Å². The van der Waals surface area contributed by atoms with Crippen LogP contribution >= 0.6 is 0 Å². The second-order valence-electron chi connectivity index (χ2n) is 4.78. The quantitative estimate of drug-likeness (QED) is 0.754. The molecule has 0 aromatic heterocycles. The number of aromatic carboxylic acids is 1. The van der Waals surface area contributed by atoms with E-state index in [2.05, 4.69) is 30.6 Å². The molecule has 1 aromatic rings. The summed E-state index contributed by atoms with van der Waals surface area (Å²) in [6.07, 6.45) is 1.05. The molecule has 4 nitrogen and oxygen atoms in total. The Labute approximate surface area is 122 Å². The number of rotatable bonds is 9. The molecule has 0 saturated carbocycles. The third kappa shape index (κ3) is 4.53. The molecular weight excluding hydrogens is 252 g/mol. The first-order valence-electron chi connectivity index (χ1n) is 7.43. The summed E-state index contributed by atoms with van der Waals surface area (Å²) in [5.74, 6) is -0.859. The van der Waals surface area contributed by atoms with Crippen LogP contribution in [0.25, 0.3) is 0 Å². The molecule has 0 unspecified atom stereocenters. The summed E-state index contributed by atoms with van der Waals surface area (Å²) < 4.78 is 0. The molecule has 112 valence electrons. The number of hydrogen-bond acceptors (Lipinski definition) is 3. The van der Waals surface area contributed by atoms with Gasteiger partial charge in [0.1, 0.15) is 0 Å². The first-order valence-corrected chi connectivity index (χ1v) is 7.43. The molecule has 20 heavy (non-hydrogen) atoms. The Kier molecular flexibility index (Phi) is 7.09. The minimum absolute atomic E-state index is 0.386. The fourth-order valence-corrected chi connectivity index (χ4v) is 2.40. The summed E-state index contributed by atoms with van der Waals surface area (Å²) in [5.41, 5.74) is 1.21. The van der Waals surface area contributed by atoms with Gasteiger partial charge in [0.25, 0.3) is 0 Å². The lowest BCUT2D eigenvalue weighted by atomic mass is 10.1. The van der Waals surface area contributed by atoms with Crippen molar-refractivity contribution in [2.45, 2.75) is 27.2 Å². The number of carboxylic acids is 1. The van der Waals surface area contributed by atoms with Gasteiger partial charge >= 0.3 is 5.97 Å². The Morgan fingerprint density at radius 3 is 2.25 bits per heavy atom. The molecule has 0 heterocycles. The van der Waals surface area contributed by atoms with Crippen LogP contribution in [0.1, 0.15) is 37.6 Å². The van der Waals surface area contributed by atoms with Gasteiger partial charge in [0.05, 0.1) is 11.3 Å². The van der Waals surface area contributed by atoms with E-state index in [4.69, 9.17) is 0 Å². The average Bonchev–Trinajstić information content (AvgIpc) is 2.47. The Bertz CT molecular complexity index is 417. The van der Waals surface area contributed by atoms with Crippen molar-refractivity contribution in [3.8, 4) is 0 Å². The molecule has 0 amide bonds. The van der Waals surface area contributed by atoms with Gasteiger partial charge in [0.2, 0.25) is 0 Å². The molecule has 1 N–H and O–H groups in total. The highest BCUT2D eigenvalue weighted by Crippen LogP contribution is 2.20. The van der Waals surface area contributed by atoms with E-state index in [1.54, 1.807) is 12.1 Å². The van der Waals surface area contributed by atoms with Crippen molar-refractivity contribution in [1.29, 1.82) is 0 Å². The summed E-state index contributed by atoms with van der Waals surface area (Å²) in [7, 11) is 0. The minimum Gasteiger partial charge on any atom is -0.478 e. The van der Waals surface area contributed by atoms with Crippen molar-refractivity contribution in [2.75, 3.05) is 37.6 Å². The molecule has 0 bridgehead atoms. The number of carbonyl (C=O) groups is 1. The number of benzene rings is 1. The smallest absolute Gasteiger partial charge is 0.337 e. The van der Waals surface area contributed by atoms with Gasteiger partial charge in [0.15, 0.2) is 0 Å². The van der Waals surface area contributed by atoms with Gasteiger partial charge in [-0.2, -0.15) is 0 Å². The summed E-state index contributed by atoms with van der Waals surface area (Å²) >= 11 is 0. The zero-order valence-corrected chi connectivity index (χ0v) is 12.8. The van der Waals surface area contributed by atoms with Crippen molar-refractivity contribution < 1.29 is 9.90 Å². The maximum Gasteiger partial charge on any atom is 0.337 e. The second kappa shape index (κ2) is 8.59. The second-order valence-corrected chi connectivity index (χ2v) is 4.78. The molecule has 1 aromatic carbocycles. The fourth-order valence-electron chi connectivity index (χ4n) is 2.40. The number of carboxylic acid groups (broad SMARTS) is 1. The van der Waals surface area contributed by atoms with Gasteiger partial charge in [-0.1, -0.05) is 26.0 Å². The fraction of sp³-hybridized carbons (Fsp3) is 0.562. The predicted octanol–water partition coefficient (Wildman–Crippen LogP) is 2.94. The van der Waals surface area contributed by atoms with Crippen LogP contribution in [-0.4, -0.2) is 48.7 Å². The SMILES string of the molecule is CCN(CC)CCCN(CC)c1ccccc1C(=O)O. The summed E-state index contributed by atoms with van der Waals surface area (Å²) in [6, 6.07) is 7.24. The van der Waals surface area contributed by atoms with Crippen molar-refractivity contribution >= 4 is 11.7 Å². The maximum absolute atomic E-state index is 11.3. The van der Waals surface area contributed by atoms with Crippen LogP contribution in [0.2, 0.25) is 0 Å². The highest BCUT2D eigenvalue weighted by Gasteiger charge is 2.14. The van der Waals surface area contributed by atoms with Gasteiger partial charge in [-0.05, 0) is 45.1 Å². The van der Waals surface area contributed by atoms with Crippen molar-refractivity contribution in [3.05, 3.63) is 29.8 Å². The molecule has 0 aliphatic rings. The first-order chi connectivity index (χ1) is 9.63. The monoisotopic (exact) mass is 278 g/mol. The number of para-hydroxylation sites is 1. The van der Waals surface area contributed by atoms with Crippen LogP contribution in [0.5, 0.6) is 0 Å². The molecular formula is C16H26N2O2. The van der Waals surface area contributed by atoms with Crippen LogP contribution in [0.3, 0.4) is 0 Å². The Morgan fingerprint density at radius 1 is 1.05 bits per heavy atom. The number of hydrogen-bond donors (Lipinski definition) is 1. The summed E-state index contributed by atoms with van der Waals surface area (Å²) in [6.45, 7) is 11.3. The van der Waals surface area contributed by atoms with Crippen molar-refractivity contribution in [2.24, 2.45) is 0 Å². The van der Waals surface area contributed by atoms with Crippen LogP contribution in [0.4, 0.5) is 5.69 Å². The van der Waals surface area contributed by atoms with Gasteiger partial charge in [-0.25, -0.2) is 4.79 Å². The molecule has 0 saturated heterocycles. The van der Waals surface area contributed by atoms with Crippen LogP contribution in [-0.2, 0) is 0 Å². The largest absolute Gasteiger partial charge is 0.478 e. The van der Waals surface area contributed by atoms with E-state index in [1.807, 2.05) is 12.1 Å².